The molecule has 1 amide bonds. The smallest absolute Gasteiger partial charge is 0.273 e. The minimum absolute atomic E-state index is 0.0308. The molecule has 8 heteroatoms. The van der Waals surface area contributed by atoms with E-state index < -0.39 is 10.7 Å². The molecule has 1 heterocycles. The fraction of sp³-hybridized carbons (Fsp3) is 0.364. The maximum absolute atomic E-state index is 14.0. The fourth-order valence-corrected chi connectivity index (χ4v) is 2.86. The van der Waals surface area contributed by atoms with Crippen molar-refractivity contribution in [2.24, 2.45) is 5.92 Å². The van der Waals surface area contributed by atoms with E-state index in [-0.39, 0.29) is 34.1 Å². The molecule has 0 radical (unpaired) electrons. The summed E-state index contributed by atoms with van der Waals surface area (Å²) in [5.41, 5.74) is -0.336. The third-order valence-corrected chi connectivity index (χ3v) is 3.95. The van der Waals surface area contributed by atoms with Gasteiger partial charge in [0.25, 0.3) is 5.69 Å². The Labute approximate surface area is 121 Å². The molecule has 1 aromatic carbocycles. The number of alkyl halides is 1. The lowest BCUT2D eigenvalue weighted by molar-refractivity contribution is -0.385. The first kappa shape index (κ1) is 14.2. The monoisotopic (exact) mass is 350 g/mol. The van der Waals surface area contributed by atoms with Crippen LogP contribution in [0.15, 0.2) is 16.6 Å². The van der Waals surface area contributed by atoms with Crippen LogP contribution in [-0.4, -0.2) is 23.3 Å². The molecule has 5 nitrogen and oxygen atoms in total. The Balaban J connectivity index is 2.41. The number of nitro benzene ring substituents is 1. The Hall–Kier alpha value is -1.21. The number of hydrogen-bond acceptors (Lipinski definition) is 3. The first-order valence-electron chi connectivity index (χ1n) is 5.43. The van der Waals surface area contributed by atoms with Gasteiger partial charge in [-0.25, -0.2) is 4.39 Å². The zero-order chi connectivity index (χ0) is 14.2. The normalized spacial score (nSPS) is 19.0. The molecule has 0 aliphatic carbocycles. The van der Waals surface area contributed by atoms with E-state index in [1.165, 1.54) is 11.0 Å². The van der Waals surface area contributed by atoms with Gasteiger partial charge < -0.3 is 4.90 Å². The van der Waals surface area contributed by atoms with E-state index in [0.29, 0.717) is 12.4 Å². The molecule has 0 bridgehead atoms. The van der Waals surface area contributed by atoms with E-state index in [2.05, 4.69) is 15.9 Å². The molecular weight excluding hydrogens is 342 g/mol. The third kappa shape index (κ3) is 2.71. The molecule has 0 spiro atoms. The number of non-ortho nitro benzene ring substituents is 1. The number of carbonyl (C=O) groups excluding carboxylic acids is 1. The van der Waals surface area contributed by atoms with E-state index in [1.807, 2.05) is 0 Å². The highest BCUT2D eigenvalue weighted by atomic mass is 79.9. The number of nitrogens with zero attached hydrogens (tertiary/aromatic N) is 2. The van der Waals surface area contributed by atoms with E-state index in [0.717, 1.165) is 6.07 Å². The highest BCUT2D eigenvalue weighted by Gasteiger charge is 2.33. The molecule has 1 atom stereocenters. The second-order valence-corrected chi connectivity index (χ2v) is 5.41. The van der Waals surface area contributed by atoms with Crippen molar-refractivity contribution in [3.8, 4) is 0 Å². The molecule has 0 aromatic heterocycles. The first-order chi connectivity index (χ1) is 8.93. The Morgan fingerprint density at radius 2 is 2.26 bits per heavy atom. The van der Waals surface area contributed by atoms with Gasteiger partial charge in [-0.05, 0) is 21.8 Å². The largest absolute Gasteiger partial charge is 0.308 e. The Morgan fingerprint density at radius 1 is 1.58 bits per heavy atom. The summed E-state index contributed by atoms with van der Waals surface area (Å²) in [5, 5.41) is 10.6. The number of nitro groups is 1. The number of halogens is 3. The molecule has 1 unspecified atom stereocenters. The summed E-state index contributed by atoms with van der Waals surface area (Å²) in [6.45, 7) is 0.315. The van der Waals surface area contributed by atoms with Crippen LogP contribution in [0.4, 0.5) is 15.8 Å². The zero-order valence-electron chi connectivity index (χ0n) is 9.61. The predicted octanol–water partition coefficient (Wildman–Crippen LogP) is 3.09. The molecule has 1 fully saturated rings. The lowest BCUT2D eigenvalue weighted by atomic mass is 10.1. The van der Waals surface area contributed by atoms with Gasteiger partial charge in [0.2, 0.25) is 5.91 Å². The van der Waals surface area contributed by atoms with Crippen LogP contribution in [0, 0.1) is 21.8 Å². The Morgan fingerprint density at radius 3 is 2.74 bits per heavy atom. The predicted molar refractivity (Wildman–Crippen MR) is 71.9 cm³/mol. The van der Waals surface area contributed by atoms with Crippen molar-refractivity contribution >= 4 is 44.8 Å². The van der Waals surface area contributed by atoms with Gasteiger partial charge in [0.1, 0.15) is 0 Å². The van der Waals surface area contributed by atoms with Crippen molar-refractivity contribution in [2.75, 3.05) is 17.3 Å². The lowest BCUT2D eigenvalue weighted by Crippen LogP contribution is -2.26. The number of rotatable bonds is 3. The van der Waals surface area contributed by atoms with Crippen LogP contribution < -0.4 is 4.90 Å². The van der Waals surface area contributed by atoms with E-state index in [4.69, 9.17) is 11.6 Å². The molecular formula is C11H9BrClFN2O3. The van der Waals surface area contributed by atoms with Gasteiger partial charge in [-0.3, -0.25) is 14.9 Å². The van der Waals surface area contributed by atoms with Crippen LogP contribution in [0.1, 0.15) is 6.42 Å². The minimum Gasteiger partial charge on any atom is -0.308 e. The lowest BCUT2D eigenvalue weighted by Gasteiger charge is -2.18. The molecule has 1 saturated heterocycles. The Bertz CT molecular complexity index is 532. The van der Waals surface area contributed by atoms with Crippen LogP contribution in [0.3, 0.4) is 0 Å². The standard InChI is InChI=1S/C11H9BrClFN2O3/c12-8-2-7(16(18)19)3-9(14)11(8)15-5-6(4-13)1-10(15)17/h2-3,6H,1,4-5H2. The molecule has 0 N–H and O–H groups in total. The molecule has 1 aliphatic heterocycles. The SMILES string of the molecule is O=C1CC(CCl)CN1c1c(F)cc([N+](=O)[O-])cc1Br. The summed E-state index contributed by atoms with van der Waals surface area (Å²) < 4.78 is 14.1. The van der Waals surface area contributed by atoms with Crippen LogP contribution >= 0.6 is 27.5 Å². The molecule has 19 heavy (non-hydrogen) atoms. The van der Waals surface area contributed by atoms with E-state index in [9.17, 15) is 19.3 Å². The minimum atomic E-state index is -0.801. The summed E-state index contributed by atoms with van der Waals surface area (Å²) in [6.07, 6.45) is 0.256. The topological polar surface area (TPSA) is 63.5 Å². The van der Waals surface area contributed by atoms with Crippen LogP contribution in [0.5, 0.6) is 0 Å². The van der Waals surface area contributed by atoms with Gasteiger partial charge in [0.15, 0.2) is 5.82 Å². The number of anilines is 1. The highest BCUT2D eigenvalue weighted by Crippen LogP contribution is 2.36. The number of carbonyl (C=O) groups is 1. The van der Waals surface area contributed by atoms with Crippen LogP contribution in [0.2, 0.25) is 0 Å². The van der Waals surface area contributed by atoms with Crippen molar-refractivity contribution in [3.05, 3.63) is 32.5 Å². The number of benzene rings is 1. The number of hydrogen-bond donors (Lipinski definition) is 0. The zero-order valence-corrected chi connectivity index (χ0v) is 11.9. The summed E-state index contributed by atoms with van der Waals surface area (Å²) in [6, 6.07) is 1.99. The van der Waals surface area contributed by atoms with Gasteiger partial charge >= 0.3 is 0 Å². The third-order valence-electron chi connectivity index (χ3n) is 2.91. The van der Waals surface area contributed by atoms with E-state index in [1.54, 1.807) is 0 Å². The van der Waals surface area contributed by atoms with Gasteiger partial charge in [0, 0.05) is 24.9 Å². The molecule has 1 aliphatic rings. The quantitative estimate of drug-likeness (QED) is 0.477. The van der Waals surface area contributed by atoms with E-state index >= 15 is 0 Å². The van der Waals surface area contributed by atoms with Crippen LogP contribution in [0.25, 0.3) is 0 Å². The summed E-state index contributed by atoms with van der Waals surface area (Å²) >= 11 is 8.77. The second-order valence-electron chi connectivity index (χ2n) is 4.24. The average Bonchev–Trinajstić information content (AvgIpc) is 2.70. The van der Waals surface area contributed by atoms with Gasteiger partial charge in [-0.2, -0.15) is 0 Å². The van der Waals surface area contributed by atoms with Crippen molar-refractivity contribution in [1.82, 2.24) is 0 Å². The van der Waals surface area contributed by atoms with Crippen molar-refractivity contribution in [3.63, 3.8) is 0 Å². The fourth-order valence-electron chi connectivity index (χ4n) is 2.02. The molecule has 1 aromatic rings. The van der Waals surface area contributed by atoms with Gasteiger partial charge in [-0.15, -0.1) is 11.6 Å². The molecule has 0 saturated carbocycles. The first-order valence-corrected chi connectivity index (χ1v) is 6.76. The molecule has 2 rings (SSSR count). The van der Waals surface area contributed by atoms with Crippen molar-refractivity contribution in [2.45, 2.75) is 6.42 Å². The summed E-state index contributed by atoms with van der Waals surface area (Å²) in [5.74, 6) is -0.756. The maximum atomic E-state index is 14.0. The van der Waals surface area contributed by atoms with Gasteiger partial charge in [0.05, 0.1) is 21.1 Å². The van der Waals surface area contributed by atoms with Crippen molar-refractivity contribution in [1.29, 1.82) is 0 Å². The average molecular weight is 352 g/mol. The second kappa shape index (κ2) is 5.42. The molecule has 102 valence electrons. The van der Waals surface area contributed by atoms with Gasteiger partial charge in [-0.1, -0.05) is 0 Å². The maximum Gasteiger partial charge on any atom is 0.273 e. The Kier molecular flexibility index (Phi) is 4.05. The summed E-state index contributed by atoms with van der Waals surface area (Å²) in [4.78, 5) is 23.0. The van der Waals surface area contributed by atoms with Crippen molar-refractivity contribution < 1.29 is 14.1 Å². The summed E-state index contributed by atoms with van der Waals surface area (Å²) in [7, 11) is 0. The highest BCUT2D eigenvalue weighted by molar-refractivity contribution is 9.10. The number of amides is 1. The van der Waals surface area contributed by atoms with Crippen LogP contribution in [-0.2, 0) is 4.79 Å².